The van der Waals surface area contributed by atoms with Crippen molar-refractivity contribution in [2.75, 3.05) is 13.2 Å². The van der Waals surface area contributed by atoms with Crippen LogP contribution in [0.3, 0.4) is 0 Å². The van der Waals surface area contributed by atoms with E-state index in [1.807, 2.05) is 10.8 Å². The van der Waals surface area contributed by atoms with Crippen LogP contribution in [-0.2, 0) is 6.54 Å². The average Bonchev–Trinajstić information content (AvgIpc) is 3.01. The summed E-state index contributed by atoms with van der Waals surface area (Å²) in [7, 11) is 0. The summed E-state index contributed by atoms with van der Waals surface area (Å²) >= 11 is 0. The van der Waals surface area contributed by atoms with Crippen LogP contribution in [0.15, 0.2) is 37.1 Å². The lowest BCUT2D eigenvalue weighted by atomic mass is 10.2. The largest absolute Gasteiger partial charge is 0.395 e. The molecule has 0 aliphatic rings. The summed E-state index contributed by atoms with van der Waals surface area (Å²) in [6.07, 6.45) is 7.14. The molecule has 0 spiro atoms. The van der Waals surface area contributed by atoms with Crippen LogP contribution in [0.4, 0.5) is 0 Å². The molecule has 1 amide bonds. The van der Waals surface area contributed by atoms with Crippen molar-refractivity contribution >= 4 is 5.91 Å². The van der Waals surface area contributed by atoms with Gasteiger partial charge in [0, 0.05) is 38.1 Å². The fraction of sp³-hybridized carbons (Fsp3) is 0.267. The van der Waals surface area contributed by atoms with Gasteiger partial charge in [0.1, 0.15) is 5.69 Å². The zero-order valence-corrected chi connectivity index (χ0v) is 11.5. The Bertz CT molecular complexity index is 641. The van der Waals surface area contributed by atoms with E-state index in [1.165, 1.54) is 0 Å². The van der Waals surface area contributed by atoms with Crippen molar-refractivity contribution in [3.8, 4) is 11.8 Å². The second-order valence-corrected chi connectivity index (χ2v) is 4.23. The van der Waals surface area contributed by atoms with Crippen LogP contribution >= 0.6 is 0 Å². The Labute approximate surface area is 122 Å². The lowest BCUT2D eigenvalue weighted by molar-refractivity contribution is 0.0947. The zero-order chi connectivity index (χ0) is 14.9. The maximum absolute atomic E-state index is 12.1. The molecule has 0 aromatic carbocycles. The lowest BCUT2D eigenvalue weighted by Gasteiger charge is -2.06. The Morgan fingerprint density at radius 2 is 2.33 bits per heavy atom. The van der Waals surface area contributed by atoms with Crippen molar-refractivity contribution in [2.24, 2.45) is 0 Å². The molecule has 0 fully saturated rings. The van der Waals surface area contributed by atoms with Crippen LogP contribution in [0.1, 0.15) is 22.5 Å². The van der Waals surface area contributed by atoms with Crippen molar-refractivity contribution < 1.29 is 9.90 Å². The van der Waals surface area contributed by atoms with Crippen molar-refractivity contribution in [1.29, 1.82) is 0 Å². The van der Waals surface area contributed by atoms with E-state index in [4.69, 9.17) is 5.11 Å². The highest BCUT2D eigenvalue weighted by molar-refractivity contribution is 5.94. The minimum atomic E-state index is -0.260. The Balaban J connectivity index is 1.97. The van der Waals surface area contributed by atoms with Crippen LogP contribution in [0.2, 0.25) is 0 Å². The van der Waals surface area contributed by atoms with Crippen LogP contribution in [0.25, 0.3) is 0 Å². The maximum atomic E-state index is 12.1. The summed E-state index contributed by atoms with van der Waals surface area (Å²) in [6, 6.07) is 3.47. The summed E-state index contributed by atoms with van der Waals surface area (Å²) in [6.45, 7) is 1.12. The third-order valence-electron chi connectivity index (χ3n) is 2.70. The van der Waals surface area contributed by atoms with E-state index in [9.17, 15) is 4.79 Å². The van der Waals surface area contributed by atoms with Gasteiger partial charge in [0.15, 0.2) is 0 Å². The number of nitrogens with one attached hydrogen (secondary N) is 1. The summed E-state index contributed by atoms with van der Waals surface area (Å²) in [5.74, 6) is 5.38. The average molecular weight is 284 g/mol. The highest BCUT2D eigenvalue weighted by Gasteiger charge is 2.10. The Morgan fingerprint density at radius 1 is 1.43 bits per heavy atom. The third kappa shape index (κ3) is 4.44. The van der Waals surface area contributed by atoms with E-state index in [0.717, 1.165) is 0 Å². The molecule has 21 heavy (non-hydrogen) atoms. The maximum Gasteiger partial charge on any atom is 0.271 e. The molecule has 0 bridgehead atoms. The first-order valence-corrected chi connectivity index (χ1v) is 6.60. The molecule has 0 aliphatic carbocycles. The van der Waals surface area contributed by atoms with Crippen molar-refractivity contribution in [2.45, 2.75) is 13.0 Å². The molecule has 108 valence electrons. The molecule has 0 radical (unpaired) electrons. The first-order chi connectivity index (χ1) is 10.3. The molecule has 0 saturated carbocycles. The fourth-order valence-corrected chi connectivity index (χ4v) is 1.70. The quantitative estimate of drug-likeness (QED) is 0.781. The first kappa shape index (κ1) is 14.8. The number of aromatic nitrogens is 3. The number of nitrogens with zero attached hydrogens (tertiary/aromatic N) is 3. The highest BCUT2D eigenvalue weighted by atomic mass is 16.2. The lowest BCUT2D eigenvalue weighted by Crippen LogP contribution is -2.28. The minimum Gasteiger partial charge on any atom is -0.395 e. The Morgan fingerprint density at radius 3 is 3.10 bits per heavy atom. The summed E-state index contributed by atoms with van der Waals surface area (Å²) < 4.78 is 1.88. The van der Waals surface area contributed by atoms with E-state index < -0.39 is 0 Å². The zero-order valence-electron chi connectivity index (χ0n) is 11.5. The van der Waals surface area contributed by atoms with E-state index in [-0.39, 0.29) is 12.5 Å². The fourth-order valence-electron chi connectivity index (χ4n) is 1.70. The number of imidazole rings is 1. The van der Waals surface area contributed by atoms with Crippen molar-refractivity contribution in [1.82, 2.24) is 19.9 Å². The van der Waals surface area contributed by atoms with Crippen LogP contribution in [-0.4, -0.2) is 38.7 Å². The topological polar surface area (TPSA) is 80.0 Å². The van der Waals surface area contributed by atoms with Crippen molar-refractivity contribution in [3.63, 3.8) is 0 Å². The predicted octanol–water partition coefficient (Wildman–Crippen LogP) is 0.442. The van der Waals surface area contributed by atoms with E-state index >= 15 is 0 Å². The number of hydrogen-bond donors (Lipinski definition) is 2. The SMILES string of the molecule is O=C(NCCn1ccnc1)c1ncccc1C#CCCO. The van der Waals surface area contributed by atoms with Gasteiger partial charge in [0.2, 0.25) is 0 Å². The number of hydrogen-bond acceptors (Lipinski definition) is 4. The van der Waals surface area contributed by atoms with Crippen LogP contribution in [0, 0.1) is 11.8 Å². The van der Waals surface area contributed by atoms with E-state index in [1.54, 1.807) is 30.9 Å². The van der Waals surface area contributed by atoms with E-state index in [0.29, 0.717) is 30.8 Å². The Hall–Kier alpha value is -2.65. The molecule has 2 aromatic heterocycles. The van der Waals surface area contributed by atoms with Gasteiger partial charge in [-0.1, -0.05) is 11.8 Å². The molecule has 2 rings (SSSR count). The van der Waals surface area contributed by atoms with Gasteiger partial charge in [-0.25, -0.2) is 9.97 Å². The number of aliphatic hydroxyl groups excluding tert-OH is 1. The molecule has 0 saturated heterocycles. The van der Waals surface area contributed by atoms with Gasteiger partial charge in [-0.2, -0.15) is 0 Å². The second-order valence-electron chi connectivity index (χ2n) is 4.23. The van der Waals surface area contributed by atoms with Gasteiger partial charge < -0.3 is 15.0 Å². The Kier molecular flexibility index (Phi) is 5.50. The number of carbonyl (C=O) groups is 1. The summed E-state index contributed by atoms with van der Waals surface area (Å²) in [5, 5.41) is 11.5. The summed E-state index contributed by atoms with van der Waals surface area (Å²) in [5.41, 5.74) is 0.861. The molecular formula is C15H16N4O2. The van der Waals surface area contributed by atoms with Crippen LogP contribution in [0.5, 0.6) is 0 Å². The molecule has 0 unspecified atom stereocenters. The highest BCUT2D eigenvalue weighted by Crippen LogP contribution is 2.03. The molecule has 2 N–H and O–H groups in total. The predicted molar refractivity (Wildman–Crippen MR) is 77.4 cm³/mol. The number of pyridine rings is 1. The second kappa shape index (κ2) is 7.82. The monoisotopic (exact) mass is 284 g/mol. The first-order valence-electron chi connectivity index (χ1n) is 6.60. The van der Waals surface area contributed by atoms with Gasteiger partial charge in [0.05, 0.1) is 18.5 Å². The van der Waals surface area contributed by atoms with Gasteiger partial charge >= 0.3 is 0 Å². The number of amides is 1. The molecule has 0 atom stereocenters. The molecule has 0 aliphatic heterocycles. The molecule has 2 heterocycles. The van der Waals surface area contributed by atoms with Gasteiger partial charge in [-0.3, -0.25) is 4.79 Å². The van der Waals surface area contributed by atoms with Crippen LogP contribution < -0.4 is 5.32 Å². The van der Waals surface area contributed by atoms with Gasteiger partial charge in [-0.05, 0) is 12.1 Å². The minimum absolute atomic E-state index is 0.000300. The molecule has 2 aromatic rings. The van der Waals surface area contributed by atoms with Gasteiger partial charge in [-0.15, -0.1) is 0 Å². The standard InChI is InChI=1S/C15H16N4O2/c20-11-2-1-4-13-5-3-6-17-14(13)15(21)18-8-10-19-9-7-16-12-19/h3,5-7,9,12,20H,2,8,10-11H2,(H,18,21). The van der Waals surface area contributed by atoms with E-state index in [2.05, 4.69) is 27.1 Å². The van der Waals surface area contributed by atoms with Crippen molar-refractivity contribution in [3.05, 3.63) is 48.3 Å². The number of aliphatic hydroxyl groups is 1. The number of rotatable bonds is 5. The molecule has 6 nitrogen and oxygen atoms in total. The van der Waals surface area contributed by atoms with Gasteiger partial charge in [0.25, 0.3) is 5.91 Å². The molecule has 6 heteroatoms. The molecular weight excluding hydrogens is 268 g/mol. The third-order valence-corrected chi connectivity index (χ3v) is 2.70. The smallest absolute Gasteiger partial charge is 0.271 e. The number of carbonyl (C=O) groups excluding carboxylic acids is 1. The summed E-state index contributed by atoms with van der Waals surface area (Å²) in [4.78, 5) is 20.1. The normalized spacial score (nSPS) is 9.76.